The molecule has 42 heavy (non-hydrogen) atoms. The van der Waals surface area contributed by atoms with E-state index in [-0.39, 0.29) is 30.4 Å². The molecule has 4 rings (SSSR count). The number of piperazine rings is 1. The molecular weight excluding hydrogens is 570 g/mol. The quantitative estimate of drug-likeness (QED) is 0.112. The number of fused-ring (bicyclic) bond motifs is 1. The zero-order valence-corrected chi connectivity index (χ0v) is 24.6. The van der Waals surface area contributed by atoms with Crippen molar-refractivity contribution in [2.75, 3.05) is 45.9 Å². The molecule has 0 spiro atoms. The summed E-state index contributed by atoms with van der Waals surface area (Å²) in [5.74, 6) is 0.503. The Morgan fingerprint density at radius 3 is 2.62 bits per heavy atom. The third-order valence-electron chi connectivity index (χ3n) is 7.15. The van der Waals surface area contributed by atoms with Gasteiger partial charge in [-0.25, -0.2) is 12.9 Å². The Morgan fingerprint density at radius 1 is 1.24 bits per heavy atom. The predicted molar refractivity (Wildman–Crippen MR) is 153 cm³/mol. The van der Waals surface area contributed by atoms with Crippen molar-refractivity contribution >= 4 is 21.8 Å². The van der Waals surface area contributed by atoms with Crippen molar-refractivity contribution in [2.24, 2.45) is 5.16 Å². The van der Waals surface area contributed by atoms with Crippen LogP contribution in [0.25, 0.3) is 16.9 Å². The van der Waals surface area contributed by atoms with Crippen LogP contribution in [0.3, 0.4) is 0 Å². The number of oxime groups is 1. The minimum absolute atomic E-state index is 0.0367. The molecule has 0 amide bonds. The van der Waals surface area contributed by atoms with Gasteiger partial charge >= 0.3 is 0 Å². The van der Waals surface area contributed by atoms with Gasteiger partial charge in [0, 0.05) is 38.3 Å². The van der Waals surface area contributed by atoms with Crippen LogP contribution in [0.5, 0.6) is 5.75 Å². The Hall–Kier alpha value is -3.38. The van der Waals surface area contributed by atoms with E-state index in [1.807, 2.05) is 6.92 Å². The van der Waals surface area contributed by atoms with E-state index in [4.69, 9.17) is 15.0 Å². The molecule has 0 bridgehead atoms. The average Bonchev–Trinajstić information content (AvgIpc) is 3.22. The van der Waals surface area contributed by atoms with E-state index in [1.165, 1.54) is 27.2 Å². The molecule has 0 radical (unpaired) electrons. The topological polar surface area (TPSA) is 188 Å². The molecule has 1 saturated heterocycles. The lowest BCUT2D eigenvalue weighted by Gasteiger charge is -2.34. The van der Waals surface area contributed by atoms with Crippen LogP contribution in [0.1, 0.15) is 43.5 Å². The van der Waals surface area contributed by atoms with Gasteiger partial charge in [-0.15, -0.1) is 10.5 Å². The van der Waals surface area contributed by atoms with Crippen molar-refractivity contribution in [3.05, 3.63) is 50.6 Å². The van der Waals surface area contributed by atoms with Crippen molar-refractivity contribution < 1.29 is 28.4 Å². The molecule has 1 fully saturated rings. The fourth-order valence-electron chi connectivity index (χ4n) is 5.16. The van der Waals surface area contributed by atoms with Crippen molar-refractivity contribution in [2.45, 2.75) is 44.9 Å². The molecule has 0 saturated carbocycles. The van der Waals surface area contributed by atoms with Gasteiger partial charge in [0.25, 0.3) is 5.56 Å². The van der Waals surface area contributed by atoms with Gasteiger partial charge in [-0.2, -0.15) is 4.31 Å². The van der Waals surface area contributed by atoms with Gasteiger partial charge in [0.2, 0.25) is 10.0 Å². The van der Waals surface area contributed by atoms with E-state index in [0.717, 1.165) is 6.42 Å². The van der Waals surface area contributed by atoms with E-state index in [1.54, 1.807) is 19.9 Å². The molecule has 3 N–H and O–H groups in total. The molecular formula is C26H36N7O8S-. The van der Waals surface area contributed by atoms with Crippen molar-refractivity contribution in [3.8, 4) is 17.1 Å². The van der Waals surface area contributed by atoms with Crippen molar-refractivity contribution in [3.63, 3.8) is 0 Å². The van der Waals surface area contributed by atoms with E-state index < -0.39 is 21.0 Å². The number of aryl methyl sites for hydroxylation is 2. The molecule has 1 aliphatic heterocycles. The second kappa shape index (κ2) is 13.7. The molecule has 16 heteroatoms. The lowest BCUT2D eigenvalue weighted by atomic mass is 10.1. The van der Waals surface area contributed by atoms with Gasteiger partial charge < -0.3 is 30.2 Å². The van der Waals surface area contributed by atoms with Crippen LogP contribution in [-0.4, -0.2) is 100 Å². The maximum absolute atomic E-state index is 13.7. The lowest BCUT2D eigenvalue weighted by Crippen LogP contribution is -2.48. The Labute approximate surface area is 243 Å². The number of aromatic nitrogens is 3. The van der Waals surface area contributed by atoms with Gasteiger partial charge in [0.05, 0.1) is 35.6 Å². The normalized spacial score (nSPS) is 15.4. The van der Waals surface area contributed by atoms with Gasteiger partial charge in [-0.05, 0) is 50.5 Å². The molecule has 15 nitrogen and oxygen atoms in total. The molecule has 230 valence electrons. The van der Waals surface area contributed by atoms with Crippen LogP contribution >= 0.6 is 0 Å². The summed E-state index contributed by atoms with van der Waals surface area (Å²) < 4.78 is 36.0. The van der Waals surface area contributed by atoms with E-state index >= 15 is 0 Å². The molecule has 0 atom stereocenters. The van der Waals surface area contributed by atoms with Crippen LogP contribution in [0.15, 0.2) is 33.0 Å². The van der Waals surface area contributed by atoms with E-state index in [0.29, 0.717) is 72.7 Å². The van der Waals surface area contributed by atoms with Crippen molar-refractivity contribution in [1.29, 1.82) is 0 Å². The number of benzene rings is 1. The molecule has 3 heterocycles. The molecule has 0 aliphatic carbocycles. The summed E-state index contributed by atoms with van der Waals surface area (Å²) >= 11 is 0. The van der Waals surface area contributed by atoms with Crippen LogP contribution in [0.2, 0.25) is 0 Å². The van der Waals surface area contributed by atoms with Crippen LogP contribution < -0.4 is 10.3 Å². The lowest BCUT2D eigenvalue weighted by molar-refractivity contribution is -0.305. The third kappa shape index (κ3) is 6.64. The second-order valence-electron chi connectivity index (χ2n) is 9.80. The highest BCUT2D eigenvalue weighted by Gasteiger charge is 2.30. The number of hydrogen-bond donors (Lipinski definition) is 3. The molecule has 0 unspecified atom stereocenters. The maximum atomic E-state index is 13.7. The zero-order valence-electron chi connectivity index (χ0n) is 23.8. The smallest absolute Gasteiger partial charge is 0.275 e. The summed E-state index contributed by atoms with van der Waals surface area (Å²) in [6.07, 6.45) is 3.10. The molecule has 1 aromatic carbocycles. The first-order chi connectivity index (χ1) is 20.1. The Morgan fingerprint density at radius 2 is 1.98 bits per heavy atom. The number of aromatic amines is 1. The number of sulfonamides is 1. The van der Waals surface area contributed by atoms with Crippen LogP contribution in [-0.2, 0) is 21.3 Å². The fourth-order valence-corrected chi connectivity index (χ4v) is 6.61. The summed E-state index contributed by atoms with van der Waals surface area (Å²) in [6, 6.07) is 4.50. The standard InChI is InChI=1S/C26H36N7O8S/c1-4-7-22-21(17-27-35)18(3)24-26(34)28-25(29-32(22)24)20-16-19(8-9-23(20)40-5-2)42(38,39)31-13-11-30(12-14-31)10-6-15-41-33(36)37/h8-9,16-17,35-36H,4-7,10-15H2,1-3H3,(H,28,29,34)/q-1/b27-17+. The van der Waals surface area contributed by atoms with Gasteiger partial charge in [0.15, 0.2) is 5.82 Å². The molecule has 3 aromatic rings. The molecule has 2 aromatic heterocycles. The number of H-pyrrole nitrogens is 1. The Kier molecular flexibility index (Phi) is 10.3. The van der Waals surface area contributed by atoms with Crippen LogP contribution in [0, 0.1) is 12.1 Å². The number of rotatable bonds is 13. The monoisotopic (exact) mass is 606 g/mol. The summed E-state index contributed by atoms with van der Waals surface area (Å²) in [5.41, 5.74) is 2.12. The summed E-state index contributed by atoms with van der Waals surface area (Å²) in [7, 11) is -3.89. The average molecular weight is 607 g/mol. The summed E-state index contributed by atoms with van der Waals surface area (Å²) in [4.78, 5) is 22.6. The number of nitrogens with zero attached hydrogens (tertiary/aromatic N) is 6. The predicted octanol–water partition coefficient (Wildman–Crippen LogP) is 1.97. The first-order valence-corrected chi connectivity index (χ1v) is 15.2. The highest BCUT2D eigenvalue weighted by molar-refractivity contribution is 7.89. The minimum atomic E-state index is -3.89. The number of ether oxygens (including phenoxy) is 1. The van der Waals surface area contributed by atoms with Crippen molar-refractivity contribution in [1.82, 2.24) is 29.2 Å². The van der Waals surface area contributed by atoms with Gasteiger partial charge in [-0.3, -0.25) is 9.63 Å². The minimum Gasteiger partial charge on any atom is -0.738 e. The second-order valence-corrected chi connectivity index (χ2v) is 11.7. The summed E-state index contributed by atoms with van der Waals surface area (Å²) in [6.45, 7) is 7.98. The highest BCUT2D eigenvalue weighted by atomic mass is 32.2. The van der Waals surface area contributed by atoms with Crippen LogP contribution in [0.4, 0.5) is 0 Å². The Bertz CT molecular complexity index is 1580. The third-order valence-corrected chi connectivity index (χ3v) is 9.05. The number of nitrogens with one attached hydrogen (secondary N) is 1. The van der Waals surface area contributed by atoms with Gasteiger partial charge in [-0.1, -0.05) is 18.5 Å². The Balaban J connectivity index is 1.67. The molecule has 1 aliphatic rings. The summed E-state index contributed by atoms with van der Waals surface area (Å²) in [5, 5.41) is 35.4. The first-order valence-electron chi connectivity index (χ1n) is 13.7. The van der Waals surface area contributed by atoms with Gasteiger partial charge in [0.1, 0.15) is 11.3 Å². The first kappa shape index (κ1) is 31.6. The SMILES string of the molecule is CCCc1c(/C=N/O)c(C)c2c(=O)[nH]c(-c3cc(S(=O)(=O)N4CCN(CCCON([O-])O)CC4)ccc3OCC)nn12. The zero-order chi connectivity index (χ0) is 30.4. The van der Waals surface area contributed by atoms with E-state index in [2.05, 4.69) is 19.9 Å². The highest BCUT2D eigenvalue weighted by Crippen LogP contribution is 2.32. The van der Waals surface area contributed by atoms with E-state index in [9.17, 15) is 23.6 Å². The largest absolute Gasteiger partial charge is 0.738 e. The maximum Gasteiger partial charge on any atom is 0.275 e. The fraction of sp³-hybridized carbons (Fsp3) is 0.500. The number of hydrogen-bond acceptors (Lipinski definition) is 12.